The highest BCUT2D eigenvalue weighted by atomic mass is 35.5. The number of halogens is 1. The first kappa shape index (κ1) is 13.5. The number of hydrogen-bond acceptors (Lipinski definition) is 2. The summed E-state index contributed by atoms with van der Waals surface area (Å²) in [6.45, 7) is 5.63. The minimum absolute atomic E-state index is 0.395. The summed E-state index contributed by atoms with van der Waals surface area (Å²) in [6, 6.07) is 16.0. The Bertz CT molecular complexity index is 639. The first-order chi connectivity index (χ1) is 9.13. The molecule has 0 aromatic heterocycles. The van der Waals surface area contributed by atoms with Crippen molar-refractivity contribution in [3.63, 3.8) is 0 Å². The normalized spacial score (nSPS) is 13.5. The molecule has 3 heteroatoms. The van der Waals surface area contributed by atoms with Gasteiger partial charge in [-0.15, -0.1) is 0 Å². The summed E-state index contributed by atoms with van der Waals surface area (Å²) >= 11 is 6.02. The second-order valence-electron chi connectivity index (χ2n) is 4.34. The van der Waals surface area contributed by atoms with Gasteiger partial charge in [0, 0.05) is 5.56 Å². The van der Waals surface area contributed by atoms with Gasteiger partial charge in [-0.1, -0.05) is 60.6 Å². The van der Waals surface area contributed by atoms with Gasteiger partial charge in [0.05, 0.1) is 12.0 Å². The number of nitrogens with zero attached hydrogens (tertiary/aromatic N) is 1. The number of benzene rings is 2. The zero-order chi connectivity index (χ0) is 13.8. The van der Waals surface area contributed by atoms with E-state index in [1.807, 2.05) is 42.5 Å². The first-order valence-corrected chi connectivity index (χ1v) is 6.44. The highest BCUT2D eigenvalue weighted by Crippen LogP contribution is 2.27. The Labute approximate surface area is 117 Å². The van der Waals surface area contributed by atoms with Gasteiger partial charge in [0.15, 0.2) is 5.56 Å². The van der Waals surface area contributed by atoms with Gasteiger partial charge in [0.25, 0.3) is 0 Å². The third kappa shape index (κ3) is 2.89. The van der Waals surface area contributed by atoms with Gasteiger partial charge < -0.3 is 4.74 Å². The van der Waals surface area contributed by atoms with Crippen LogP contribution in [0.15, 0.2) is 49.0 Å². The Kier molecular flexibility index (Phi) is 4.09. The molecule has 2 rings (SSSR count). The summed E-state index contributed by atoms with van der Waals surface area (Å²) in [4.78, 5) is 0. The van der Waals surface area contributed by atoms with Crippen molar-refractivity contribution in [2.24, 2.45) is 5.92 Å². The molecule has 0 spiro atoms. The zero-order valence-electron chi connectivity index (χ0n) is 10.6. The molecular formula is C16H14ClNO. The van der Waals surface area contributed by atoms with Crippen molar-refractivity contribution in [3.05, 3.63) is 54.6 Å². The number of rotatable bonds is 4. The van der Waals surface area contributed by atoms with Crippen LogP contribution in [0.1, 0.15) is 12.5 Å². The highest BCUT2D eigenvalue weighted by Gasteiger charge is 2.17. The molecule has 0 amide bonds. The van der Waals surface area contributed by atoms with Crippen molar-refractivity contribution in [1.29, 1.82) is 5.26 Å². The lowest BCUT2D eigenvalue weighted by atomic mass is 10.0. The number of fused-ring (bicyclic) bond motifs is 1. The largest absolute Gasteiger partial charge is 0.473 e. The number of ether oxygens (including phenoxy) is 1. The van der Waals surface area contributed by atoms with Crippen LogP contribution in [0.25, 0.3) is 16.5 Å². The Balaban J connectivity index is 2.30. The van der Waals surface area contributed by atoms with Gasteiger partial charge in [-0.2, -0.15) is 5.26 Å². The van der Waals surface area contributed by atoms with E-state index in [-0.39, 0.29) is 0 Å². The molecule has 2 nitrogen and oxygen atoms in total. The van der Waals surface area contributed by atoms with Crippen LogP contribution < -0.4 is 0 Å². The maximum Gasteiger partial charge on any atom is 0.187 e. The maximum absolute atomic E-state index is 8.82. The lowest BCUT2D eigenvalue weighted by Gasteiger charge is -2.17. The second kappa shape index (κ2) is 5.77. The molecule has 0 aliphatic rings. The lowest BCUT2D eigenvalue weighted by Crippen LogP contribution is -2.13. The molecule has 0 N–H and O–H groups in total. The van der Waals surface area contributed by atoms with E-state index in [0.717, 1.165) is 16.3 Å². The summed E-state index contributed by atoms with van der Waals surface area (Å²) in [7, 11) is 0. The minimum atomic E-state index is -0.698. The van der Waals surface area contributed by atoms with Crippen LogP contribution in [0.3, 0.4) is 0 Å². The van der Waals surface area contributed by atoms with E-state index in [9.17, 15) is 0 Å². The van der Waals surface area contributed by atoms with Crippen molar-refractivity contribution in [1.82, 2.24) is 0 Å². The molecule has 0 bridgehead atoms. The van der Waals surface area contributed by atoms with Crippen molar-refractivity contribution >= 4 is 28.1 Å². The van der Waals surface area contributed by atoms with Crippen LogP contribution in [0.5, 0.6) is 0 Å². The fourth-order valence-corrected chi connectivity index (χ4v) is 1.99. The quantitative estimate of drug-likeness (QED) is 0.604. The van der Waals surface area contributed by atoms with Crippen LogP contribution in [-0.4, -0.2) is 5.56 Å². The van der Waals surface area contributed by atoms with Crippen LogP contribution in [0.2, 0.25) is 0 Å². The van der Waals surface area contributed by atoms with E-state index in [4.69, 9.17) is 21.6 Å². The third-order valence-electron chi connectivity index (χ3n) is 2.94. The highest BCUT2D eigenvalue weighted by molar-refractivity contribution is 6.20. The van der Waals surface area contributed by atoms with E-state index >= 15 is 0 Å². The van der Waals surface area contributed by atoms with E-state index in [0.29, 0.717) is 5.76 Å². The molecule has 0 heterocycles. The van der Waals surface area contributed by atoms with E-state index in [1.54, 1.807) is 6.92 Å². The average molecular weight is 272 g/mol. The average Bonchev–Trinajstić information content (AvgIpc) is 2.45. The summed E-state index contributed by atoms with van der Waals surface area (Å²) in [5, 5.41) is 11.0. The predicted molar refractivity (Wildman–Crippen MR) is 78.5 cm³/mol. The van der Waals surface area contributed by atoms with Crippen molar-refractivity contribution in [3.8, 4) is 6.07 Å². The summed E-state index contributed by atoms with van der Waals surface area (Å²) < 4.78 is 5.55. The van der Waals surface area contributed by atoms with Crippen molar-refractivity contribution in [2.45, 2.75) is 12.5 Å². The topological polar surface area (TPSA) is 33.0 Å². The molecule has 2 atom stereocenters. The SMILES string of the molecule is C=C(OC(Cl)C(C)C#N)c1cccc2ccccc12. The van der Waals surface area contributed by atoms with Gasteiger partial charge in [-0.25, -0.2) is 0 Å². The monoisotopic (exact) mass is 271 g/mol. The Morgan fingerprint density at radius 3 is 2.68 bits per heavy atom. The molecule has 0 fully saturated rings. The minimum Gasteiger partial charge on any atom is -0.473 e. The molecule has 0 aliphatic carbocycles. The maximum atomic E-state index is 8.82. The second-order valence-corrected chi connectivity index (χ2v) is 4.77. The number of hydrogen-bond donors (Lipinski definition) is 0. The van der Waals surface area contributed by atoms with Crippen molar-refractivity contribution < 1.29 is 4.74 Å². The molecule has 19 heavy (non-hydrogen) atoms. The van der Waals surface area contributed by atoms with Crippen LogP contribution >= 0.6 is 11.6 Å². The zero-order valence-corrected chi connectivity index (χ0v) is 11.4. The number of nitriles is 1. The molecule has 2 aromatic carbocycles. The van der Waals surface area contributed by atoms with E-state index in [2.05, 4.69) is 12.6 Å². The fourth-order valence-electron chi connectivity index (χ4n) is 1.83. The Morgan fingerprint density at radius 1 is 1.26 bits per heavy atom. The lowest BCUT2D eigenvalue weighted by molar-refractivity contribution is 0.211. The molecule has 0 aliphatic heterocycles. The molecule has 0 saturated carbocycles. The van der Waals surface area contributed by atoms with Gasteiger partial charge in [0.1, 0.15) is 5.76 Å². The molecule has 2 aromatic rings. The molecule has 0 saturated heterocycles. The van der Waals surface area contributed by atoms with E-state index in [1.165, 1.54) is 0 Å². The fraction of sp³-hybridized carbons (Fsp3) is 0.188. The van der Waals surface area contributed by atoms with Crippen LogP contribution in [-0.2, 0) is 4.74 Å². The smallest absolute Gasteiger partial charge is 0.187 e. The van der Waals surface area contributed by atoms with Crippen LogP contribution in [0, 0.1) is 17.2 Å². The van der Waals surface area contributed by atoms with Crippen LogP contribution in [0.4, 0.5) is 0 Å². The predicted octanol–water partition coefficient (Wildman–Crippen LogP) is 4.55. The molecular weight excluding hydrogens is 258 g/mol. The van der Waals surface area contributed by atoms with Gasteiger partial charge in [-0.3, -0.25) is 0 Å². The summed E-state index contributed by atoms with van der Waals surface area (Å²) in [6.07, 6.45) is 0. The molecule has 0 radical (unpaired) electrons. The van der Waals surface area contributed by atoms with Crippen molar-refractivity contribution in [2.75, 3.05) is 0 Å². The number of alkyl halides is 1. The molecule has 2 unspecified atom stereocenters. The summed E-state index contributed by atoms with van der Waals surface area (Å²) in [5.74, 6) is 0.0901. The summed E-state index contributed by atoms with van der Waals surface area (Å²) in [5.41, 5.74) is 0.199. The van der Waals surface area contributed by atoms with Gasteiger partial charge in [0.2, 0.25) is 0 Å². The van der Waals surface area contributed by atoms with Gasteiger partial charge in [-0.05, 0) is 17.7 Å². The van der Waals surface area contributed by atoms with E-state index < -0.39 is 11.5 Å². The Morgan fingerprint density at radius 2 is 1.95 bits per heavy atom. The van der Waals surface area contributed by atoms with Gasteiger partial charge >= 0.3 is 0 Å². The Hall–Kier alpha value is -1.98. The third-order valence-corrected chi connectivity index (χ3v) is 3.41. The molecule has 96 valence electrons. The first-order valence-electron chi connectivity index (χ1n) is 6.01. The standard InChI is InChI=1S/C16H14ClNO/c1-11(10-18)16(17)19-12(2)14-9-5-7-13-6-3-4-8-15(13)14/h3-9,11,16H,2H2,1H3.